The van der Waals surface area contributed by atoms with Crippen LogP contribution in [0, 0.1) is 5.92 Å². The number of rotatable bonds is 8. The number of hydrogen-bond donors (Lipinski definition) is 1. The molecule has 0 aromatic rings. The van der Waals surface area contributed by atoms with E-state index >= 15 is 0 Å². The zero-order chi connectivity index (χ0) is 15.0. The van der Waals surface area contributed by atoms with E-state index in [1.807, 2.05) is 4.90 Å². The van der Waals surface area contributed by atoms with Crippen LogP contribution in [0.1, 0.15) is 52.4 Å². The molecule has 2 atom stereocenters. The van der Waals surface area contributed by atoms with E-state index in [4.69, 9.17) is 9.84 Å². The number of carbonyl (C=O) groups is 2. The lowest BCUT2D eigenvalue weighted by atomic mass is 9.93. The third-order valence-corrected chi connectivity index (χ3v) is 3.81. The Hall–Kier alpha value is -1.10. The summed E-state index contributed by atoms with van der Waals surface area (Å²) in [5, 5.41) is 8.73. The van der Waals surface area contributed by atoms with Crippen LogP contribution in [0.2, 0.25) is 0 Å². The van der Waals surface area contributed by atoms with E-state index in [0.717, 1.165) is 32.2 Å². The fourth-order valence-corrected chi connectivity index (χ4v) is 2.56. The number of carboxylic acids is 1. The maximum atomic E-state index is 12.3. The van der Waals surface area contributed by atoms with Crippen LogP contribution in [-0.2, 0) is 14.3 Å². The molecule has 0 saturated carbocycles. The van der Waals surface area contributed by atoms with Crippen molar-refractivity contribution in [3.63, 3.8) is 0 Å². The molecule has 1 N–H and O–H groups in total. The Labute approximate surface area is 121 Å². The van der Waals surface area contributed by atoms with Gasteiger partial charge in [0, 0.05) is 26.1 Å². The van der Waals surface area contributed by atoms with Gasteiger partial charge in [0.1, 0.15) is 6.10 Å². The number of ether oxygens (including phenoxy) is 1. The van der Waals surface area contributed by atoms with E-state index in [0.29, 0.717) is 25.5 Å². The Kier molecular flexibility index (Phi) is 7.59. The summed E-state index contributed by atoms with van der Waals surface area (Å²) in [5.41, 5.74) is 0. The first kappa shape index (κ1) is 17.0. The van der Waals surface area contributed by atoms with E-state index in [-0.39, 0.29) is 18.4 Å². The summed E-state index contributed by atoms with van der Waals surface area (Å²) in [6.07, 6.45) is 4.46. The van der Waals surface area contributed by atoms with Crippen molar-refractivity contribution in [1.82, 2.24) is 4.90 Å². The second-order valence-electron chi connectivity index (χ2n) is 5.59. The van der Waals surface area contributed by atoms with Crippen LogP contribution >= 0.6 is 0 Å². The van der Waals surface area contributed by atoms with Crippen LogP contribution in [0.3, 0.4) is 0 Å². The zero-order valence-corrected chi connectivity index (χ0v) is 12.6. The predicted octanol–water partition coefficient (Wildman–Crippen LogP) is 2.29. The van der Waals surface area contributed by atoms with Crippen molar-refractivity contribution < 1.29 is 19.4 Å². The van der Waals surface area contributed by atoms with Gasteiger partial charge in [-0.05, 0) is 38.5 Å². The largest absolute Gasteiger partial charge is 0.481 e. The normalized spacial score (nSPS) is 20.7. The van der Waals surface area contributed by atoms with Crippen LogP contribution in [0.5, 0.6) is 0 Å². The van der Waals surface area contributed by atoms with E-state index < -0.39 is 5.97 Å². The highest BCUT2D eigenvalue weighted by Crippen LogP contribution is 2.21. The summed E-state index contributed by atoms with van der Waals surface area (Å²) >= 11 is 0. The van der Waals surface area contributed by atoms with Gasteiger partial charge >= 0.3 is 5.97 Å². The minimum atomic E-state index is -0.760. The summed E-state index contributed by atoms with van der Waals surface area (Å²) < 4.78 is 5.55. The van der Waals surface area contributed by atoms with Gasteiger partial charge in [-0.15, -0.1) is 0 Å². The number of unbranched alkanes of at least 4 members (excludes halogenated alkanes) is 1. The maximum Gasteiger partial charge on any atom is 0.303 e. The van der Waals surface area contributed by atoms with Gasteiger partial charge in [-0.1, -0.05) is 13.3 Å². The molecule has 1 aliphatic rings. The molecule has 1 heterocycles. The molecule has 1 amide bonds. The Morgan fingerprint density at radius 2 is 2.20 bits per heavy atom. The number of likely N-dealkylation sites (tertiary alicyclic amines) is 1. The number of amides is 1. The summed E-state index contributed by atoms with van der Waals surface area (Å²) in [6, 6.07) is 0. The molecule has 1 aliphatic heterocycles. The summed E-state index contributed by atoms with van der Waals surface area (Å²) in [7, 11) is 0. The van der Waals surface area contributed by atoms with E-state index in [2.05, 4.69) is 6.92 Å². The topological polar surface area (TPSA) is 66.8 Å². The molecule has 0 unspecified atom stereocenters. The maximum absolute atomic E-state index is 12.3. The lowest BCUT2D eigenvalue weighted by Crippen LogP contribution is -2.45. The average molecular weight is 285 g/mol. The molecular formula is C15H27NO4. The van der Waals surface area contributed by atoms with Gasteiger partial charge in [0.2, 0.25) is 0 Å². The molecular weight excluding hydrogens is 258 g/mol. The van der Waals surface area contributed by atoms with Crippen molar-refractivity contribution >= 4 is 11.9 Å². The predicted molar refractivity (Wildman–Crippen MR) is 76.5 cm³/mol. The molecule has 5 nitrogen and oxygen atoms in total. The van der Waals surface area contributed by atoms with Crippen molar-refractivity contribution in [3.05, 3.63) is 0 Å². The molecule has 5 heteroatoms. The first-order valence-corrected chi connectivity index (χ1v) is 7.66. The summed E-state index contributed by atoms with van der Waals surface area (Å²) in [6.45, 7) is 5.96. The lowest BCUT2D eigenvalue weighted by Gasteiger charge is -2.34. The second kappa shape index (κ2) is 8.95. The van der Waals surface area contributed by atoms with Gasteiger partial charge in [0.15, 0.2) is 0 Å². The van der Waals surface area contributed by atoms with Gasteiger partial charge in [-0.2, -0.15) is 0 Å². The molecule has 20 heavy (non-hydrogen) atoms. The Balaban J connectivity index is 2.37. The van der Waals surface area contributed by atoms with E-state index in [1.54, 1.807) is 6.92 Å². The number of hydrogen-bond acceptors (Lipinski definition) is 3. The molecule has 0 radical (unpaired) electrons. The molecule has 0 spiro atoms. The number of aliphatic carboxylic acids is 1. The quantitative estimate of drug-likeness (QED) is 0.695. The van der Waals surface area contributed by atoms with Crippen LogP contribution in [0.25, 0.3) is 0 Å². The highest BCUT2D eigenvalue weighted by molar-refractivity contribution is 5.80. The van der Waals surface area contributed by atoms with Crippen LogP contribution in [0.4, 0.5) is 0 Å². The minimum absolute atomic E-state index is 0.0427. The number of piperidine rings is 1. The monoisotopic (exact) mass is 285 g/mol. The van der Waals surface area contributed by atoms with Crippen molar-refractivity contribution in [2.45, 2.75) is 58.5 Å². The molecule has 0 aromatic carbocycles. The lowest BCUT2D eigenvalue weighted by molar-refractivity contribution is -0.144. The highest BCUT2D eigenvalue weighted by Gasteiger charge is 2.27. The van der Waals surface area contributed by atoms with Gasteiger partial charge in [0.05, 0.1) is 0 Å². The molecule has 0 aromatic heterocycles. The number of nitrogens with zero attached hydrogens (tertiary/aromatic N) is 1. The van der Waals surface area contributed by atoms with Crippen molar-refractivity contribution in [2.75, 3.05) is 19.7 Å². The van der Waals surface area contributed by atoms with Crippen molar-refractivity contribution in [1.29, 1.82) is 0 Å². The number of carbonyl (C=O) groups excluding carboxylic acids is 1. The SMILES string of the molecule is CCCCO[C@@H](C)C(=O)N1CCC[C@@H](CCC(=O)O)C1. The van der Waals surface area contributed by atoms with Crippen molar-refractivity contribution in [3.8, 4) is 0 Å². The van der Waals surface area contributed by atoms with Crippen molar-refractivity contribution in [2.24, 2.45) is 5.92 Å². The first-order valence-electron chi connectivity index (χ1n) is 7.66. The molecule has 116 valence electrons. The second-order valence-corrected chi connectivity index (χ2v) is 5.59. The van der Waals surface area contributed by atoms with Gasteiger partial charge in [0.25, 0.3) is 5.91 Å². The van der Waals surface area contributed by atoms with Gasteiger partial charge in [-0.3, -0.25) is 9.59 Å². The molecule has 1 fully saturated rings. The molecule has 1 rings (SSSR count). The summed E-state index contributed by atoms with van der Waals surface area (Å²) in [4.78, 5) is 24.7. The standard InChI is InChI=1S/C15H27NO4/c1-3-4-10-20-12(2)15(19)16-9-5-6-13(11-16)7-8-14(17)18/h12-13H,3-11H2,1-2H3,(H,17,18)/t12-,13-/m0/s1. The number of carboxylic acid groups (broad SMARTS) is 1. The Morgan fingerprint density at radius 1 is 1.45 bits per heavy atom. The minimum Gasteiger partial charge on any atom is -0.481 e. The third kappa shape index (κ3) is 5.90. The summed E-state index contributed by atoms with van der Waals surface area (Å²) in [5.74, 6) is -0.405. The average Bonchev–Trinajstić information content (AvgIpc) is 2.44. The Morgan fingerprint density at radius 3 is 2.85 bits per heavy atom. The molecule has 0 aliphatic carbocycles. The van der Waals surface area contributed by atoms with Crippen LogP contribution in [-0.4, -0.2) is 47.7 Å². The van der Waals surface area contributed by atoms with Crippen LogP contribution in [0.15, 0.2) is 0 Å². The van der Waals surface area contributed by atoms with E-state index in [1.165, 1.54) is 0 Å². The van der Waals surface area contributed by atoms with Gasteiger partial charge in [-0.25, -0.2) is 0 Å². The third-order valence-electron chi connectivity index (χ3n) is 3.81. The molecule has 0 bridgehead atoms. The smallest absolute Gasteiger partial charge is 0.303 e. The van der Waals surface area contributed by atoms with Gasteiger partial charge < -0.3 is 14.7 Å². The molecule has 1 saturated heterocycles. The Bertz CT molecular complexity index is 319. The fraction of sp³-hybridized carbons (Fsp3) is 0.867. The first-order chi connectivity index (χ1) is 9.54. The highest BCUT2D eigenvalue weighted by atomic mass is 16.5. The zero-order valence-electron chi connectivity index (χ0n) is 12.6. The van der Waals surface area contributed by atoms with E-state index in [9.17, 15) is 9.59 Å². The van der Waals surface area contributed by atoms with Crippen LogP contribution < -0.4 is 0 Å². The fourth-order valence-electron chi connectivity index (χ4n) is 2.56.